The van der Waals surface area contributed by atoms with Crippen LogP contribution in [0, 0.1) is 0 Å². The lowest BCUT2D eigenvalue weighted by molar-refractivity contribution is -0.00389. The average molecular weight is 818 g/mol. The number of piperazine rings is 1. The number of nitrogens with one attached hydrogen (secondary N) is 1. The van der Waals surface area contributed by atoms with Crippen LogP contribution in [0.5, 0.6) is 0 Å². The lowest BCUT2D eigenvalue weighted by Gasteiger charge is -2.42. The van der Waals surface area contributed by atoms with Crippen LogP contribution in [0.3, 0.4) is 0 Å². The number of hydrogen-bond acceptors (Lipinski definition) is 7. The summed E-state index contributed by atoms with van der Waals surface area (Å²) in [6, 6.07) is 0. The molecule has 57 heavy (non-hydrogen) atoms. The maximum Gasteiger partial charge on any atom is 0.0594 e. The molecule has 0 aromatic heterocycles. The molecule has 5 aliphatic heterocycles. The predicted octanol–water partition coefficient (Wildman–Crippen LogP) is 12.6. The van der Waals surface area contributed by atoms with Crippen molar-refractivity contribution in [3.8, 4) is 0 Å². The van der Waals surface area contributed by atoms with Crippen molar-refractivity contribution >= 4 is 0 Å². The number of ether oxygens (including phenoxy) is 1. The lowest BCUT2D eigenvalue weighted by Crippen LogP contribution is -2.51. The van der Waals surface area contributed by atoms with E-state index in [1.165, 1.54) is 90.9 Å². The highest BCUT2D eigenvalue weighted by molar-refractivity contribution is 4.83. The third kappa shape index (κ3) is 36.1. The average Bonchev–Trinajstić information content (AvgIpc) is 3.73. The van der Waals surface area contributed by atoms with Gasteiger partial charge in [0, 0.05) is 67.0 Å². The van der Waals surface area contributed by atoms with Gasteiger partial charge >= 0.3 is 0 Å². The van der Waals surface area contributed by atoms with E-state index in [1.807, 2.05) is 69.2 Å². The molecule has 5 fully saturated rings. The minimum atomic E-state index is 0.323. The summed E-state index contributed by atoms with van der Waals surface area (Å²) in [6.45, 7) is 70.7. The van der Waals surface area contributed by atoms with Gasteiger partial charge in [-0.2, -0.15) is 0 Å². The van der Waals surface area contributed by atoms with Crippen LogP contribution in [-0.2, 0) is 4.74 Å². The molecule has 0 aliphatic carbocycles. The Balaban J connectivity index is -0.000000187. The molecule has 1 N–H and O–H groups in total. The summed E-state index contributed by atoms with van der Waals surface area (Å²) in [5.41, 5.74) is 1.93. The van der Waals surface area contributed by atoms with Gasteiger partial charge in [-0.3, -0.25) is 24.5 Å². The van der Waals surface area contributed by atoms with Crippen molar-refractivity contribution in [2.75, 3.05) is 91.8 Å². The van der Waals surface area contributed by atoms with E-state index >= 15 is 0 Å². The SMILES string of the molecule is CC.CC.CC.CC.CC.CC(C)(C)N1CCC1.CC(C)(C)N1CCCC1.CC(C)(C)N1CCCCC1.CC(C)(C)N1CCNCC1.CC(C)(C)N1CCOCC1. The number of piperidine rings is 1. The fourth-order valence-corrected chi connectivity index (χ4v) is 6.51. The molecular weight excluding hydrogens is 701 g/mol. The maximum atomic E-state index is 5.25. The third-order valence-electron chi connectivity index (χ3n) is 10.2. The number of hydrogen-bond donors (Lipinski definition) is 1. The Kier molecular flexibility index (Phi) is 43.3. The lowest BCUT2D eigenvalue weighted by atomic mass is 10.0. The van der Waals surface area contributed by atoms with Crippen molar-refractivity contribution < 1.29 is 4.74 Å². The first-order valence-electron chi connectivity index (χ1n) is 24.6. The van der Waals surface area contributed by atoms with Gasteiger partial charge in [0.15, 0.2) is 0 Å². The van der Waals surface area contributed by atoms with Crippen LogP contribution in [0.25, 0.3) is 0 Å². The Labute approximate surface area is 364 Å². The molecule has 352 valence electrons. The first-order chi connectivity index (χ1) is 26.5. The van der Waals surface area contributed by atoms with Crippen molar-refractivity contribution in [3.05, 3.63) is 0 Å². The van der Waals surface area contributed by atoms with Crippen LogP contribution >= 0.6 is 0 Å². The molecule has 0 aromatic rings. The molecule has 5 heterocycles. The number of morpholine rings is 1. The van der Waals surface area contributed by atoms with E-state index in [0.717, 1.165) is 39.4 Å². The van der Waals surface area contributed by atoms with E-state index in [0.29, 0.717) is 27.7 Å². The van der Waals surface area contributed by atoms with E-state index in [9.17, 15) is 0 Å². The third-order valence-corrected chi connectivity index (χ3v) is 10.2. The summed E-state index contributed by atoms with van der Waals surface area (Å²) in [7, 11) is 0. The normalized spacial score (nSPS) is 19.5. The van der Waals surface area contributed by atoms with E-state index < -0.39 is 0 Å². The Morgan fingerprint density at radius 2 is 0.491 bits per heavy atom. The quantitative estimate of drug-likeness (QED) is 0.261. The molecule has 0 atom stereocenters. The van der Waals surface area contributed by atoms with E-state index in [4.69, 9.17) is 4.74 Å². The van der Waals surface area contributed by atoms with Crippen LogP contribution in [-0.4, -0.2) is 144 Å². The van der Waals surface area contributed by atoms with Gasteiger partial charge in [0.25, 0.3) is 0 Å². The Hall–Kier alpha value is -0.280. The summed E-state index contributed by atoms with van der Waals surface area (Å²) < 4.78 is 5.25. The second-order valence-corrected chi connectivity index (χ2v) is 19.3. The van der Waals surface area contributed by atoms with Crippen molar-refractivity contribution in [2.45, 2.75) is 239 Å². The van der Waals surface area contributed by atoms with Crippen molar-refractivity contribution in [3.63, 3.8) is 0 Å². The number of rotatable bonds is 0. The first-order valence-corrected chi connectivity index (χ1v) is 24.6. The van der Waals surface area contributed by atoms with Gasteiger partial charge < -0.3 is 10.1 Å². The molecule has 0 saturated carbocycles. The van der Waals surface area contributed by atoms with Crippen LogP contribution < -0.4 is 5.32 Å². The zero-order valence-electron chi connectivity index (χ0n) is 44.8. The highest BCUT2D eigenvalue weighted by Crippen LogP contribution is 2.21. The maximum absolute atomic E-state index is 5.25. The highest BCUT2D eigenvalue weighted by Gasteiger charge is 2.26. The molecule has 0 unspecified atom stereocenters. The van der Waals surface area contributed by atoms with Gasteiger partial charge in [0.05, 0.1) is 13.2 Å². The van der Waals surface area contributed by atoms with Crippen molar-refractivity contribution in [1.82, 2.24) is 29.8 Å². The van der Waals surface area contributed by atoms with E-state index in [1.54, 1.807) is 0 Å². The summed E-state index contributed by atoms with van der Waals surface area (Å²) >= 11 is 0. The molecule has 0 amide bonds. The molecule has 0 bridgehead atoms. The summed E-state index contributed by atoms with van der Waals surface area (Å²) in [5, 5.41) is 3.35. The monoisotopic (exact) mass is 817 g/mol. The van der Waals surface area contributed by atoms with Gasteiger partial charge in [-0.15, -0.1) is 0 Å². The minimum Gasteiger partial charge on any atom is -0.379 e. The molecule has 0 spiro atoms. The van der Waals surface area contributed by atoms with Crippen LogP contribution in [0.1, 0.15) is 212 Å². The van der Waals surface area contributed by atoms with Gasteiger partial charge in [0.1, 0.15) is 0 Å². The van der Waals surface area contributed by atoms with Gasteiger partial charge in [-0.25, -0.2) is 0 Å². The largest absolute Gasteiger partial charge is 0.379 e. The molecule has 5 rings (SSSR count). The Morgan fingerprint density at radius 1 is 0.281 bits per heavy atom. The molecule has 0 aromatic carbocycles. The summed E-state index contributed by atoms with van der Waals surface area (Å²) in [5.74, 6) is 0. The fraction of sp³-hybridized carbons (Fsp3) is 1.00. The molecule has 5 saturated heterocycles. The smallest absolute Gasteiger partial charge is 0.0594 e. The van der Waals surface area contributed by atoms with Crippen molar-refractivity contribution in [1.29, 1.82) is 0 Å². The van der Waals surface area contributed by atoms with Crippen LogP contribution in [0.15, 0.2) is 0 Å². The van der Waals surface area contributed by atoms with Gasteiger partial charge in [-0.1, -0.05) is 75.7 Å². The molecule has 7 nitrogen and oxygen atoms in total. The fourth-order valence-electron chi connectivity index (χ4n) is 6.51. The summed E-state index contributed by atoms with van der Waals surface area (Å²) in [4.78, 5) is 12.6. The Morgan fingerprint density at radius 3 is 0.667 bits per heavy atom. The summed E-state index contributed by atoms with van der Waals surface area (Å²) in [6.07, 6.45) is 8.44. The standard InChI is InChI=1S/C9H19N.C8H18N2.C8H17NO.C8H17N.C7H15N.5C2H6/c1-9(2,3)10-7-5-4-6-8-10;1-8(2,3)10-6-4-9-5-7-10;1-8(2,3)9-4-6-10-7-5-9;1-8(2,3)9-6-4-5-7-9;1-7(2,3)8-5-4-6-8;5*1-2/h4-8H2,1-3H3;9H,4-7H2,1-3H3;4-7H2,1-3H3;4-7H2,1-3H3;4-6H2,1-3H3;5*1-2H3. The van der Waals surface area contributed by atoms with E-state index in [-0.39, 0.29) is 0 Å². The van der Waals surface area contributed by atoms with Gasteiger partial charge in [-0.05, 0) is 175 Å². The predicted molar refractivity (Wildman–Crippen MR) is 265 cm³/mol. The number of likely N-dealkylation sites (tertiary alicyclic amines) is 3. The second-order valence-electron chi connectivity index (χ2n) is 19.3. The molecule has 7 heteroatoms. The molecule has 0 radical (unpaired) electrons. The highest BCUT2D eigenvalue weighted by atomic mass is 16.5. The van der Waals surface area contributed by atoms with Crippen molar-refractivity contribution in [2.24, 2.45) is 0 Å². The zero-order chi connectivity index (χ0) is 45.9. The van der Waals surface area contributed by atoms with Crippen LogP contribution in [0.2, 0.25) is 0 Å². The molecular formula is C50H116N6O. The Bertz CT molecular complexity index is 706. The topological polar surface area (TPSA) is 37.5 Å². The van der Waals surface area contributed by atoms with Crippen LogP contribution in [0.4, 0.5) is 0 Å². The van der Waals surface area contributed by atoms with E-state index in [2.05, 4.69) is 134 Å². The molecule has 5 aliphatic rings. The number of nitrogens with zero attached hydrogens (tertiary/aromatic N) is 5. The zero-order valence-corrected chi connectivity index (χ0v) is 44.8. The van der Waals surface area contributed by atoms with Gasteiger partial charge in [0.2, 0.25) is 0 Å². The second kappa shape index (κ2) is 37.5. The minimum absolute atomic E-state index is 0.323. The first kappa shape index (κ1) is 65.8.